The molecule has 0 radical (unpaired) electrons. The molecule has 1 saturated heterocycles. The Morgan fingerprint density at radius 2 is 2.08 bits per heavy atom. The normalized spacial score (nSPS) is 17.2. The molecule has 0 amide bonds. The molecule has 0 bridgehead atoms. The van der Waals surface area contributed by atoms with Crippen molar-refractivity contribution in [3.63, 3.8) is 0 Å². The molecule has 0 unspecified atom stereocenters. The Labute approximate surface area is 77.2 Å². The van der Waals surface area contributed by atoms with Crippen molar-refractivity contribution in [2.45, 2.75) is 6.92 Å². The monoisotopic (exact) mass is 180 g/mol. The van der Waals surface area contributed by atoms with Gasteiger partial charge in [-0.15, -0.1) is 0 Å². The van der Waals surface area contributed by atoms with Crippen LogP contribution in [0.3, 0.4) is 0 Å². The Hall–Kier alpha value is -1.25. The lowest BCUT2D eigenvalue weighted by atomic mass is 10.0. The Balaban J connectivity index is 2.21. The van der Waals surface area contributed by atoms with Crippen molar-refractivity contribution in [1.82, 2.24) is 0 Å². The van der Waals surface area contributed by atoms with Crippen molar-refractivity contribution in [2.24, 2.45) is 5.92 Å². The standard InChI is InChI=1S/C10H13FN2/c1-7-5-13(6-7)10-3-8(11)2-9(12)4-10/h2-4,7H,5-6,12H2,1H3. The van der Waals surface area contributed by atoms with Crippen LogP contribution in [0, 0.1) is 11.7 Å². The van der Waals surface area contributed by atoms with E-state index in [0.717, 1.165) is 18.8 Å². The third kappa shape index (κ3) is 1.59. The van der Waals surface area contributed by atoms with Crippen LogP contribution in [0.1, 0.15) is 6.92 Å². The number of hydrogen-bond acceptors (Lipinski definition) is 2. The molecular weight excluding hydrogens is 167 g/mol. The highest BCUT2D eigenvalue weighted by Crippen LogP contribution is 2.26. The lowest BCUT2D eigenvalue weighted by Gasteiger charge is -2.39. The van der Waals surface area contributed by atoms with Crippen molar-refractivity contribution in [3.05, 3.63) is 24.0 Å². The maximum absolute atomic E-state index is 12.9. The summed E-state index contributed by atoms with van der Waals surface area (Å²) in [5.74, 6) is 0.457. The summed E-state index contributed by atoms with van der Waals surface area (Å²) >= 11 is 0. The molecular formula is C10H13FN2. The first-order chi connectivity index (χ1) is 6.15. The molecule has 3 heteroatoms. The van der Waals surface area contributed by atoms with Gasteiger partial charge in [-0.1, -0.05) is 6.92 Å². The van der Waals surface area contributed by atoms with Gasteiger partial charge in [-0.3, -0.25) is 0 Å². The molecule has 1 fully saturated rings. The minimum Gasteiger partial charge on any atom is -0.399 e. The van der Waals surface area contributed by atoms with Crippen LogP contribution in [0.15, 0.2) is 18.2 Å². The van der Waals surface area contributed by atoms with Gasteiger partial charge in [0.05, 0.1) is 0 Å². The Morgan fingerprint density at radius 3 is 2.62 bits per heavy atom. The van der Waals surface area contributed by atoms with Crippen molar-refractivity contribution in [3.8, 4) is 0 Å². The molecule has 1 aliphatic heterocycles. The molecule has 2 N–H and O–H groups in total. The fourth-order valence-electron chi connectivity index (χ4n) is 1.69. The SMILES string of the molecule is CC1CN(c2cc(N)cc(F)c2)C1. The summed E-state index contributed by atoms with van der Waals surface area (Å²) in [6, 6.07) is 4.68. The molecule has 1 aromatic rings. The molecule has 1 aromatic carbocycles. The second kappa shape index (κ2) is 2.91. The first kappa shape index (κ1) is 8.35. The van der Waals surface area contributed by atoms with Gasteiger partial charge in [-0.2, -0.15) is 0 Å². The molecule has 0 saturated carbocycles. The quantitative estimate of drug-likeness (QED) is 0.668. The van der Waals surface area contributed by atoms with E-state index >= 15 is 0 Å². The zero-order valence-electron chi connectivity index (χ0n) is 7.63. The molecule has 0 atom stereocenters. The Bertz CT molecular complexity index is 298. The number of nitrogens with two attached hydrogens (primary N) is 1. The third-order valence-corrected chi connectivity index (χ3v) is 2.33. The topological polar surface area (TPSA) is 29.3 Å². The van der Waals surface area contributed by atoms with E-state index in [-0.39, 0.29) is 5.82 Å². The van der Waals surface area contributed by atoms with Gasteiger partial charge in [0.1, 0.15) is 5.82 Å². The smallest absolute Gasteiger partial charge is 0.127 e. The minimum atomic E-state index is -0.255. The second-order valence-corrected chi connectivity index (χ2v) is 3.75. The zero-order chi connectivity index (χ0) is 9.42. The van der Waals surface area contributed by atoms with Crippen LogP contribution in [-0.2, 0) is 0 Å². The number of nitrogens with zero attached hydrogens (tertiary/aromatic N) is 1. The summed E-state index contributed by atoms with van der Waals surface area (Å²) in [6.45, 7) is 4.19. The van der Waals surface area contributed by atoms with Crippen LogP contribution in [0.25, 0.3) is 0 Å². The lowest BCUT2D eigenvalue weighted by molar-refractivity contribution is 0.446. The van der Waals surface area contributed by atoms with Gasteiger partial charge in [0.2, 0.25) is 0 Å². The Morgan fingerprint density at radius 1 is 1.38 bits per heavy atom. The zero-order valence-corrected chi connectivity index (χ0v) is 7.63. The lowest BCUT2D eigenvalue weighted by Crippen LogP contribution is -2.45. The van der Waals surface area contributed by atoms with E-state index in [0.29, 0.717) is 11.6 Å². The van der Waals surface area contributed by atoms with Gasteiger partial charge in [0.25, 0.3) is 0 Å². The number of halogens is 1. The molecule has 0 aliphatic carbocycles. The Kier molecular flexibility index (Phi) is 1.87. The molecule has 2 nitrogen and oxygen atoms in total. The number of anilines is 2. The van der Waals surface area contributed by atoms with E-state index < -0.39 is 0 Å². The fourth-order valence-corrected chi connectivity index (χ4v) is 1.69. The maximum Gasteiger partial charge on any atom is 0.127 e. The molecule has 0 spiro atoms. The molecule has 13 heavy (non-hydrogen) atoms. The molecule has 2 rings (SSSR count). The maximum atomic E-state index is 12.9. The van der Waals surface area contributed by atoms with Gasteiger partial charge in [0.15, 0.2) is 0 Å². The summed E-state index contributed by atoms with van der Waals surface area (Å²) in [6.07, 6.45) is 0. The molecule has 1 heterocycles. The van der Waals surface area contributed by atoms with Gasteiger partial charge in [-0.25, -0.2) is 4.39 Å². The van der Waals surface area contributed by atoms with Gasteiger partial charge < -0.3 is 10.6 Å². The minimum absolute atomic E-state index is 0.255. The van der Waals surface area contributed by atoms with Crippen LogP contribution in [0.4, 0.5) is 15.8 Å². The van der Waals surface area contributed by atoms with E-state index in [1.807, 2.05) is 6.07 Å². The predicted octanol–water partition coefficient (Wildman–Crippen LogP) is 1.86. The summed E-state index contributed by atoms with van der Waals surface area (Å²) in [7, 11) is 0. The molecule has 1 aliphatic rings. The molecule has 0 aromatic heterocycles. The van der Waals surface area contributed by atoms with E-state index in [1.54, 1.807) is 0 Å². The van der Waals surface area contributed by atoms with E-state index in [4.69, 9.17) is 5.73 Å². The van der Waals surface area contributed by atoms with Gasteiger partial charge in [0, 0.05) is 24.5 Å². The highest BCUT2D eigenvalue weighted by atomic mass is 19.1. The van der Waals surface area contributed by atoms with E-state index in [2.05, 4.69) is 11.8 Å². The molecule has 70 valence electrons. The number of hydrogen-bond donors (Lipinski definition) is 1. The van der Waals surface area contributed by atoms with Crippen LogP contribution >= 0.6 is 0 Å². The van der Waals surface area contributed by atoms with Crippen molar-refractivity contribution in [2.75, 3.05) is 23.7 Å². The van der Waals surface area contributed by atoms with Gasteiger partial charge >= 0.3 is 0 Å². The first-order valence-corrected chi connectivity index (χ1v) is 4.46. The number of benzene rings is 1. The summed E-state index contributed by atoms with van der Waals surface area (Å²) in [5.41, 5.74) is 6.94. The highest BCUT2D eigenvalue weighted by Gasteiger charge is 2.22. The third-order valence-electron chi connectivity index (χ3n) is 2.33. The predicted molar refractivity (Wildman–Crippen MR) is 52.2 cm³/mol. The summed E-state index contributed by atoms with van der Waals surface area (Å²) in [4.78, 5) is 2.13. The van der Waals surface area contributed by atoms with Gasteiger partial charge in [-0.05, 0) is 24.1 Å². The number of nitrogen functional groups attached to an aromatic ring is 1. The highest BCUT2D eigenvalue weighted by molar-refractivity contribution is 5.57. The average molecular weight is 180 g/mol. The summed E-state index contributed by atoms with van der Waals surface area (Å²) in [5, 5.41) is 0. The average Bonchev–Trinajstić information content (AvgIpc) is 1.96. The van der Waals surface area contributed by atoms with Crippen molar-refractivity contribution < 1.29 is 4.39 Å². The first-order valence-electron chi connectivity index (χ1n) is 4.46. The largest absolute Gasteiger partial charge is 0.399 e. The van der Waals surface area contributed by atoms with E-state index in [1.165, 1.54) is 12.1 Å². The second-order valence-electron chi connectivity index (χ2n) is 3.75. The van der Waals surface area contributed by atoms with Crippen LogP contribution in [-0.4, -0.2) is 13.1 Å². The van der Waals surface area contributed by atoms with Crippen molar-refractivity contribution in [1.29, 1.82) is 0 Å². The van der Waals surface area contributed by atoms with E-state index in [9.17, 15) is 4.39 Å². The summed E-state index contributed by atoms with van der Waals surface area (Å²) < 4.78 is 12.9. The van der Waals surface area contributed by atoms with Crippen molar-refractivity contribution >= 4 is 11.4 Å². The van der Waals surface area contributed by atoms with Crippen LogP contribution in [0.5, 0.6) is 0 Å². The van der Waals surface area contributed by atoms with Crippen LogP contribution < -0.4 is 10.6 Å². The van der Waals surface area contributed by atoms with Crippen LogP contribution in [0.2, 0.25) is 0 Å². The number of rotatable bonds is 1. The fraction of sp³-hybridized carbons (Fsp3) is 0.400.